The fraction of sp³-hybridized carbons (Fsp3) is 0.333. The largest absolute Gasteiger partial charge is 0.496 e. The van der Waals surface area contributed by atoms with E-state index >= 15 is 0 Å². The Balaban J connectivity index is 1.53. The topological polar surface area (TPSA) is 75.3 Å². The first-order valence-electron chi connectivity index (χ1n) is 10.3. The highest BCUT2D eigenvalue weighted by Crippen LogP contribution is 2.40. The van der Waals surface area contributed by atoms with Gasteiger partial charge in [-0.3, -0.25) is 0 Å². The van der Waals surface area contributed by atoms with Crippen molar-refractivity contribution in [2.45, 2.75) is 45.7 Å². The van der Waals surface area contributed by atoms with Gasteiger partial charge in [-0.2, -0.15) is 0 Å². The van der Waals surface area contributed by atoms with Gasteiger partial charge in [-0.1, -0.05) is 6.07 Å². The predicted molar refractivity (Wildman–Crippen MR) is 121 cm³/mol. The lowest BCUT2D eigenvalue weighted by Crippen LogP contribution is -2.34. The Hall–Kier alpha value is -3.28. The predicted octanol–water partition coefficient (Wildman–Crippen LogP) is 5.18. The molecule has 1 aliphatic rings. The van der Waals surface area contributed by atoms with E-state index in [4.69, 9.17) is 9.72 Å². The van der Waals surface area contributed by atoms with E-state index in [9.17, 15) is 4.79 Å². The van der Waals surface area contributed by atoms with Crippen molar-refractivity contribution in [3.05, 3.63) is 59.2 Å². The Morgan fingerprint density at radius 3 is 2.77 bits per heavy atom. The van der Waals surface area contributed by atoms with Crippen LogP contribution in [0.1, 0.15) is 43.0 Å². The molecule has 4 rings (SSSR count). The highest BCUT2D eigenvalue weighted by atomic mass is 16.5. The minimum absolute atomic E-state index is 0.0870. The van der Waals surface area contributed by atoms with Crippen LogP contribution in [-0.2, 0) is 6.42 Å². The quantitative estimate of drug-likeness (QED) is 0.548. The van der Waals surface area contributed by atoms with Gasteiger partial charge in [0, 0.05) is 22.7 Å². The fourth-order valence-electron chi connectivity index (χ4n) is 4.09. The third-order valence-corrected chi connectivity index (χ3v) is 5.33. The second-order valence-electron chi connectivity index (χ2n) is 8.13. The van der Waals surface area contributed by atoms with Gasteiger partial charge in [0.05, 0.1) is 18.7 Å². The van der Waals surface area contributed by atoms with E-state index in [1.54, 1.807) is 7.11 Å². The highest BCUT2D eigenvalue weighted by Gasteiger charge is 2.27. The van der Waals surface area contributed by atoms with Crippen molar-refractivity contribution in [2.75, 3.05) is 17.7 Å². The first kappa shape index (κ1) is 20.0. The molecule has 2 aromatic carbocycles. The van der Waals surface area contributed by atoms with Crippen molar-refractivity contribution in [1.29, 1.82) is 0 Å². The minimum atomic E-state index is -0.209. The Bertz CT molecular complexity index is 1090. The maximum absolute atomic E-state index is 11.9. The van der Waals surface area contributed by atoms with E-state index in [2.05, 4.69) is 35.0 Å². The summed E-state index contributed by atoms with van der Waals surface area (Å²) in [5.41, 5.74) is 5.43. The first-order chi connectivity index (χ1) is 14.4. The summed E-state index contributed by atoms with van der Waals surface area (Å²) in [5.74, 6) is 1.78. The van der Waals surface area contributed by atoms with E-state index in [1.165, 1.54) is 16.7 Å². The van der Waals surface area contributed by atoms with Gasteiger partial charge in [0.15, 0.2) is 0 Å². The second-order valence-corrected chi connectivity index (χ2v) is 8.13. The number of pyridine rings is 1. The molecule has 6 heteroatoms. The van der Waals surface area contributed by atoms with Crippen LogP contribution in [0.5, 0.6) is 5.75 Å². The molecule has 0 saturated heterocycles. The van der Waals surface area contributed by atoms with Crippen LogP contribution in [0.3, 0.4) is 0 Å². The van der Waals surface area contributed by atoms with Crippen molar-refractivity contribution in [3.63, 3.8) is 0 Å². The summed E-state index contributed by atoms with van der Waals surface area (Å²) in [7, 11) is 1.73. The van der Waals surface area contributed by atoms with Crippen molar-refractivity contribution >= 4 is 28.4 Å². The number of nitrogens with zero attached hydrogens (tertiary/aromatic N) is 1. The summed E-state index contributed by atoms with van der Waals surface area (Å²) in [6.07, 6.45) is 2.05. The van der Waals surface area contributed by atoms with Gasteiger partial charge in [0.2, 0.25) is 0 Å². The molecule has 0 bridgehead atoms. The molecule has 1 unspecified atom stereocenters. The maximum atomic E-state index is 11.9. The van der Waals surface area contributed by atoms with Gasteiger partial charge in [-0.05, 0) is 81.1 Å². The molecule has 1 aliphatic carbocycles. The number of nitrogens with one attached hydrogen (secondary N) is 3. The Morgan fingerprint density at radius 2 is 2.00 bits per heavy atom. The monoisotopic (exact) mass is 404 g/mol. The zero-order valence-electron chi connectivity index (χ0n) is 17.9. The molecular formula is C24H28N4O2. The number of hydrogen-bond donors (Lipinski definition) is 3. The summed E-state index contributed by atoms with van der Waals surface area (Å²) in [6.45, 7) is 5.96. The van der Waals surface area contributed by atoms with E-state index in [0.717, 1.165) is 41.0 Å². The van der Waals surface area contributed by atoms with Crippen LogP contribution in [0.2, 0.25) is 0 Å². The number of fused-ring (bicyclic) bond motifs is 2. The van der Waals surface area contributed by atoms with Crippen LogP contribution < -0.4 is 20.7 Å². The van der Waals surface area contributed by atoms with Gasteiger partial charge in [0.1, 0.15) is 11.6 Å². The molecule has 1 heterocycles. The number of methoxy groups -OCH3 is 1. The normalized spacial score (nSPS) is 15.2. The zero-order chi connectivity index (χ0) is 21.3. The number of amides is 2. The van der Waals surface area contributed by atoms with E-state index in [0.29, 0.717) is 0 Å². The number of carbonyl (C=O) groups is 1. The molecule has 0 spiro atoms. The third kappa shape index (κ3) is 4.17. The molecule has 0 fully saturated rings. The third-order valence-electron chi connectivity index (χ3n) is 5.33. The van der Waals surface area contributed by atoms with Gasteiger partial charge in [-0.15, -0.1) is 0 Å². The smallest absolute Gasteiger partial charge is 0.319 e. The molecule has 0 radical (unpaired) electrons. The molecule has 156 valence electrons. The molecule has 0 saturated carbocycles. The van der Waals surface area contributed by atoms with Crippen molar-refractivity contribution in [2.24, 2.45) is 0 Å². The molecule has 30 heavy (non-hydrogen) atoms. The average Bonchev–Trinajstić information content (AvgIpc) is 3.09. The standard InChI is InChI=1S/C24H28N4O2/c1-14(2)25-24(29)26-18-7-9-19-16(13-18)6-10-22(27-19)28-20-8-5-17-11-15(3)12-21(30-4)23(17)20/h6-7,9-14,20H,5,8H2,1-4H3,(H,27,28)(H2,25,26,29). The molecule has 6 nitrogen and oxygen atoms in total. The Kier molecular flexibility index (Phi) is 5.48. The molecule has 3 aromatic rings. The van der Waals surface area contributed by atoms with E-state index < -0.39 is 0 Å². The van der Waals surface area contributed by atoms with Gasteiger partial charge in [0.25, 0.3) is 0 Å². The van der Waals surface area contributed by atoms with Crippen LogP contribution in [0.15, 0.2) is 42.5 Å². The van der Waals surface area contributed by atoms with Crippen LogP contribution >= 0.6 is 0 Å². The molecule has 1 aromatic heterocycles. The summed E-state index contributed by atoms with van der Waals surface area (Å²) in [4.78, 5) is 16.7. The number of carbonyl (C=O) groups excluding carboxylic acids is 1. The number of urea groups is 1. The number of benzene rings is 2. The molecule has 3 N–H and O–H groups in total. The minimum Gasteiger partial charge on any atom is -0.496 e. The number of rotatable bonds is 5. The summed E-state index contributed by atoms with van der Waals surface area (Å²) < 4.78 is 5.64. The number of anilines is 2. The van der Waals surface area contributed by atoms with Crippen molar-refractivity contribution in [3.8, 4) is 5.75 Å². The van der Waals surface area contributed by atoms with Crippen LogP contribution in [0.25, 0.3) is 10.9 Å². The fourth-order valence-corrected chi connectivity index (χ4v) is 4.09. The second kappa shape index (κ2) is 8.22. The lowest BCUT2D eigenvalue weighted by Gasteiger charge is -2.18. The SMILES string of the molecule is COc1cc(C)cc2c1C(Nc1ccc3cc(NC(=O)NC(C)C)ccc3n1)CC2. The number of aromatic nitrogens is 1. The molecule has 2 amide bonds. The highest BCUT2D eigenvalue weighted by molar-refractivity contribution is 5.93. The summed E-state index contributed by atoms with van der Waals surface area (Å²) in [5, 5.41) is 10.2. The van der Waals surface area contributed by atoms with E-state index in [1.807, 2.05) is 44.2 Å². The molecule has 0 aliphatic heterocycles. The summed E-state index contributed by atoms with van der Waals surface area (Å²) >= 11 is 0. The number of aryl methyl sites for hydroxylation is 2. The summed E-state index contributed by atoms with van der Waals surface area (Å²) in [6, 6.07) is 14.1. The van der Waals surface area contributed by atoms with Crippen LogP contribution in [-0.4, -0.2) is 24.2 Å². The van der Waals surface area contributed by atoms with Crippen LogP contribution in [0.4, 0.5) is 16.3 Å². The van der Waals surface area contributed by atoms with Crippen molar-refractivity contribution < 1.29 is 9.53 Å². The Labute approximate surface area is 177 Å². The van der Waals surface area contributed by atoms with E-state index in [-0.39, 0.29) is 18.1 Å². The van der Waals surface area contributed by atoms with Gasteiger partial charge in [-0.25, -0.2) is 9.78 Å². The zero-order valence-corrected chi connectivity index (χ0v) is 17.9. The maximum Gasteiger partial charge on any atom is 0.319 e. The van der Waals surface area contributed by atoms with Gasteiger partial charge < -0.3 is 20.7 Å². The molecular weight excluding hydrogens is 376 g/mol. The average molecular weight is 405 g/mol. The lowest BCUT2D eigenvalue weighted by atomic mass is 10.0. The number of ether oxygens (including phenoxy) is 1. The molecule has 1 atom stereocenters. The Morgan fingerprint density at radius 1 is 1.17 bits per heavy atom. The number of hydrogen-bond acceptors (Lipinski definition) is 4. The van der Waals surface area contributed by atoms with Crippen LogP contribution in [0, 0.1) is 6.92 Å². The lowest BCUT2D eigenvalue weighted by molar-refractivity contribution is 0.250. The first-order valence-corrected chi connectivity index (χ1v) is 10.3. The van der Waals surface area contributed by atoms with Crippen molar-refractivity contribution in [1.82, 2.24) is 10.3 Å². The van der Waals surface area contributed by atoms with Gasteiger partial charge >= 0.3 is 6.03 Å².